The number of fused-ring (bicyclic) bond motifs is 9. The molecule has 0 radical (unpaired) electrons. The average molecular weight is 824 g/mol. The van der Waals surface area contributed by atoms with E-state index < -0.39 is 16.4 Å². The van der Waals surface area contributed by atoms with E-state index in [4.69, 9.17) is 34.9 Å². The van der Waals surface area contributed by atoms with Crippen LogP contribution in [0.25, 0.3) is 34.2 Å². The van der Waals surface area contributed by atoms with Crippen molar-refractivity contribution in [3.05, 3.63) is 262 Å². The fourth-order valence-corrected chi connectivity index (χ4v) is 11.3. The molecule has 10 aromatic rings. The number of imidazole rings is 1. The van der Waals surface area contributed by atoms with Gasteiger partial charge in [0.25, 0.3) is 0 Å². The predicted molar refractivity (Wildman–Crippen MR) is 242 cm³/mol. The van der Waals surface area contributed by atoms with Gasteiger partial charge >= 0.3 is 0 Å². The van der Waals surface area contributed by atoms with Crippen molar-refractivity contribution < 1.29 is 4.57 Å². The Balaban J connectivity index is 1.14. The molecule has 9 heteroatoms. The van der Waals surface area contributed by atoms with Crippen LogP contribution in [0.3, 0.4) is 0 Å². The zero-order valence-corrected chi connectivity index (χ0v) is 34.9. The Morgan fingerprint density at radius 2 is 0.828 bits per heavy atom. The van der Waals surface area contributed by atoms with Crippen molar-refractivity contribution in [3.63, 3.8) is 0 Å². The normalized spacial score (nSPS) is 15.1. The highest BCUT2D eigenvalue weighted by Gasteiger charge is 2.54. The summed E-state index contributed by atoms with van der Waals surface area (Å²) < 4.78 is 4.15. The molecule has 0 saturated carbocycles. The number of aryl methyl sites for hydroxylation is 2. The zero-order chi connectivity index (χ0) is 42.6. The summed E-state index contributed by atoms with van der Waals surface area (Å²) in [4.78, 5) is 35.2. The summed E-state index contributed by atoms with van der Waals surface area (Å²) in [6.45, 7) is 2.12. The van der Waals surface area contributed by atoms with E-state index in [1.165, 1.54) is 0 Å². The molecule has 8 aromatic heterocycles. The number of aromatic nitrogens is 9. The van der Waals surface area contributed by atoms with Gasteiger partial charge in [-0.3, -0.25) is 34.9 Å². The van der Waals surface area contributed by atoms with Crippen molar-refractivity contribution in [1.29, 1.82) is 0 Å². The molecule has 0 amide bonds. The van der Waals surface area contributed by atoms with Crippen molar-refractivity contribution in [2.24, 2.45) is 7.05 Å². The van der Waals surface area contributed by atoms with Gasteiger partial charge in [0.15, 0.2) is 5.54 Å². The van der Waals surface area contributed by atoms with Crippen molar-refractivity contribution >= 4 is 0 Å². The molecule has 0 aliphatic heterocycles. The summed E-state index contributed by atoms with van der Waals surface area (Å²) in [5.41, 5.74) is 15.2. The van der Waals surface area contributed by atoms with E-state index in [1.54, 1.807) is 0 Å². The first-order valence-corrected chi connectivity index (χ1v) is 21.4. The molecule has 2 aromatic carbocycles. The Hall–Kier alpha value is -8.30. The maximum atomic E-state index is 5.18. The van der Waals surface area contributed by atoms with E-state index in [1.807, 2.05) is 97.6 Å². The molecule has 0 fully saturated rings. The number of nitrogens with zero attached hydrogens (tertiary/aromatic N) is 9. The molecule has 9 nitrogen and oxygen atoms in total. The van der Waals surface area contributed by atoms with E-state index in [2.05, 4.69) is 121 Å². The summed E-state index contributed by atoms with van der Waals surface area (Å²) in [6.07, 6.45) is 20.8. The second-order valence-electron chi connectivity index (χ2n) is 16.9. The van der Waals surface area contributed by atoms with E-state index in [9.17, 15) is 0 Å². The largest absolute Gasteiger partial charge is 0.354 e. The third-order valence-electron chi connectivity index (χ3n) is 13.7. The third-order valence-corrected chi connectivity index (χ3v) is 13.7. The van der Waals surface area contributed by atoms with Gasteiger partial charge in [0.1, 0.15) is 0 Å². The van der Waals surface area contributed by atoms with Crippen LogP contribution in [0.1, 0.15) is 66.9 Å². The Morgan fingerprint density at radius 3 is 1.28 bits per heavy atom. The SMILES string of the molecule is Cc1ccnc(C2(c3cccc(C4(c5cccc(C6(n7[c-][n+](C)cc7)c7cccnc7-c7ncccc76)c5)c5cccnc5-c5ncccc54)c3)c3cccnc3-c3ncccc32)c1. The van der Waals surface area contributed by atoms with Crippen molar-refractivity contribution in [2.75, 3.05) is 0 Å². The van der Waals surface area contributed by atoms with Gasteiger partial charge < -0.3 is 9.13 Å². The van der Waals surface area contributed by atoms with E-state index in [-0.39, 0.29) is 0 Å². The maximum absolute atomic E-state index is 5.18. The summed E-state index contributed by atoms with van der Waals surface area (Å²) >= 11 is 0. The number of pyridine rings is 7. The lowest BCUT2D eigenvalue weighted by Crippen LogP contribution is -2.38. The molecule has 0 N–H and O–H groups in total. The van der Waals surface area contributed by atoms with Gasteiger partial charge in [0.2, 0.25) is 6.33 Å². The van der Waals surface area contributed by atoms with Gasteiger partial charge in [-0.05, 0) is 107 Å². The Bertz CT molecular complexity index is 3400. The predicted octanol–water partition coefficient (Wildman–Crippen LogP) is 8.73. The van der Waals surface area contributed by atoms with Crippen molar-refractivity contribution in [1.82, 2.24) is 39.5 Å². The maximum Gasteiger partial charge on any atom is 0.204 e. The van der Waals surface area contributed by atoms with Gasteiger partial charge in [-0.25, -0.2) is 0 Å². The fourth-order valence-electron chi connectivity index (χ4n) is 11.3. The van der Waals surface area contributed by atoms with Crippen LogP contribution in [0.2, 0.25) is 0 Å². The first-order valence-electron chi connectivity index (χ1n) is 21.4. The summed E-state index contributed by atoms with van der Waals surface area (Å²) in [7, 11) is 2.00. The first-order chi connectivity index (χ1) is 31.5. The number of rotatable bonds is 6. The van der Waals surface area contributed by atoms with Crippen molar-refractivity contribution in [2.45, 2.75) is 23.3 Å². The Kier molecular flexibility index (Phi) is 7.58. The van der Waals surface area contributed by atoms with Gasteiger partial charge in [-0.1, -0.05) is 78.9 Å². The van der Waals surface area contributed by atoms with Crippen LogP contribution >= 0.6 is 0 Å². The van der Waals surface area contributed by atoms with Crippen LogP contribution < -0.4 is 4.57 Å². The fraction of sp³-hybridized carbons (Fsp3) is 0.0909. The molecule has 3 aliphatic carbocycles. The second kappa shape index (κ2) is 13.3. The minimum Gasteiger partial charge on any atom is -0.354 e. The number of hydrogen-bond acceptors (Lipinski definition) is 7. The van der Waals surface area contributed by atoms with Gasteiger partial charge in [0.05, 0.1) is 57.7 Å². The molecule has 0 spiro atoms. The molecule has 64 heavy (non-hydrogen) atoms. The molecule has 3 aliphatic rings. The second-order valence-corrected chi connectivity index (χ2v) is 16.9. The number of benzene rings is 2. The van der Waals surface area contributed by atoms with Gasteiger partial charge in [-0.15, -0.1) is 0 Å². The summed E-state index contributed by atoms with van der Waals surface area (Å²) in [5.74, 6) is 0. The topological polar surface area (TPSA) is 99.0 Å². The van der Waals surface area contributed by atoms with Crippen LogP contribution in [0, 0.1) is 13.3 Å². The van der Waals surface area contributed by atoms with Crippen LogP contribution in [0.4, 0.5) is 0 Å². The number of hydrogen-bond donors (Lipinski definition) is 0. The van der Waals surface area contributed by atoms with E-state index in [0.29, 0.717) is 0 Å². The lowest BCUT2D eigenvalue weighted by molar-refractivity contribution is -0.675. The van der Waals surface area contributed by atoms with Crippen LogP contribution in [0.15, 0.2) is 189 Å². The van der Waals surface area contributed by atoms with Crippen LogP contribution in [-0.4, -0.2) is 39.5 Å². The standard InChI is InChI=1S/C55H37N9/c1-35-21-28-56-46(31-35)54(42-17-7-24-59-49(42)50-43(54)18-8-25-60-50)38-13-3-11-36(32-38)53(40-15-5-22-57-47(40)48-41(53)16-6-23-58-48)37-12-4-14-39(33-37)55(64-30-29-63(2)34-64)44-19-9-26-61-51(44)52-45(55)20-10-27-62-52/h3-33H,1-2H3. The highest BCUT2D eigenvalue weighted by atomic mass is 15.2. The van der Waals surface area contributed by atoms with Crippen molar-refractivity contribution in [3.8, 4) is 34.2 Å². The highest BCUT2D eigenvalue weighted by molar-refractivity contribution is 5.85. The molecule has 0 atom stereocenters. The monoisotopic (exact) mass is 823 g/mol. The Morgan fingerprint density at radius 1 is 0.422 bits per heavy atom. The van der Waals surface area contributed by atoms with Crippen LogP contribution in [-0.2, 0) is 23.4 Å². The lowest BCUT2D eigenvalue weighted by Gasteiger charge is -2.38. The first kappa shape index (κ1) is 36.4. The quantitative estimate of drug-likeness (QED) is 0.122. The summed E-state index contributed by atoms with van der Waals surface area (Å²) in [5, 5.41) is 0. The Labute approximate surface area is 369 Å². The smallest absolute Gasteiger partial charge is 0.204 e. The zero-order valence-electron chi connectivity index (χ0n) is 34.9. The molecular weight excluding hydrogens is 787 g/mol. The summed E-state index contributed by atoms with van der Waals surface area (Å²) in [6, 6.07) is 47.7. The average Bonchev–Trinajstić information content (AvgIpc) is 4.09. The van der Waals surface area contributed by atoms with Crippen LogP contribution in [0.5, 0.6) is 0 Å². The van der Waals surface area contributed by atoms with Gasteiger partial charge in [0, 0.05) is 71.2 Å². The van der Waals surface area contributed by atoms with E-state index in [0.717, 1.165) is 101 Å². The molecule has 0 unspecified atom stereocenters. The van der Waals surface area contributed by atoms with E-state index >= 15 is 0 Å². The third kappa shape index (κ3) is 4.57. The minimum atomic E-state index is -0.866. The molecule has 0 saturated heterocycles. The minimum absolute atomic E-state index is 0.826. The molecular formula is C55H37N9. The highest BCUT2D eigenvalue weighted by Crippen LogP contribution is 2.59. The molecule has 13 rings (SSSR count). The molecule has 0 bridgehead atoms. The molecule has 302 valence electrons. The lowest BCUT2D eigenvalue weighted by atomic mass is 9.64. The molecule has 8 heterocycles. The van der Waals surface area contributed by atoms with Gasteiger partial charge in [-0.2, -0.15) is 0 Å².